The van der Waals surface area contributed by atoms with E-state index < -0.39 is 6.17 Å². The van der Waals surface area contributed by atoms with Gasteiger partial charge in [-0.05, 0) is 41.8 Å². The van der Waals surface area contributed by atoms with Gasteiger partial charge in [-0.1, -0.05) is 56.3 Å². The molecular formula is C29H29N3O4. The standard InChI is InChI=1S/C29H29N3O4/c1-18(2)26(19-12-14-20(36-3)15-13-19)30-25(33)16-17-31-27-21-8-4-5-9-22(21)29(35)32(27)24-11-7-6-10-23(24)28(31)34/h4-15,18,26-27H,16-17H2,1-3H3,(H,30,33)/t26-,27+/m1/s1. The Kier molecular flexibility index (Phi) is 6.22. The van der Waals surface area contributed by atoms with E-state index >= 15 is 0 Å². The number of nitrogens with zero attached hydrogens (tertiary/aromatic N) is 2. The van der Waals surface area contributed by atoms with Crippen molar-refractivity contribution < 1.29 is 19.1 Å². The fourth-order valence-corrected chi connectivity index (χ4v) is 5.11. The first-order valence-corrected chi connectivity index (χ1v) is 12.2. The molecule has 184 valence electrons. The molecule has 0 saturated heterocycles. The second-order valence-electron chi connectivity index (χ2n) is 9.46. The molecule has 3 amide bonds. The van der Waals surface area contributed by atoms with Crippen LogP contribution >= 0.6 is 0 Å². The summed E-state index contributed by atoms with van der Waals surface area (Å²) < 4.78 is 5.25. The third kappa shape index (κ3) is 4.00. The first-order valence-electron chi connectivity index (χ1n) is 12.2. The minimum atomic E-state index is -0.564. The second kappa shape index (κ2) is 9.49. The molecule has 0 fully saturated rings. The summed E-state index contributed by atoms with van der Waals surface area (Å²) in [5.74, 6) is 0.456. The molecule has 5 rings (SSSR count). The van der Waals surface area contributed by atoms with Gasteiger partial charge in [0.05, 0.1) is 24.4 Å². The molecule has 7 heteroatoms. The smallest absolute Gasteiger partial charge is 0.260 e. The number of ether oxygens (including phenoxy) is 1. The number of fused-ring (bicyclic) bond motifs is 5. The van der Waals surface area contributed by atoms with E-state index in [0.717, 1.165) is 16.9 Å². The zero-order chi connectivity index (χ0) is 25.4. The fourth-order valence-electron chi connectivity index (χ4n) is 5.11. The molecule has 36 heavy (non-hydrogen) atoms. The lowest BCUT2D eigenvalue weighted by Crippen LogP contribution is -2.49. The molecular weight excluding hydrogens is 454 g/mol. The van der Waals surface area contributed by atoms with Crippen molar-refractivity contribution in [2.75, 3.05) is 18.6 Å². The predicted molar refractivity (Wildman–Crippen MR) is 137 cm³/mol. The van der Waals surface area contributed by atoms with Crippen LogP contribution in [-0.2, 0) is 4.79 Å². The van der Waals surface area contributed by atoms with Crippen molar-refractivity contribution in [3.05, 3.63) is 95.1 Å². The van der Waals surface area contributed by atoms with E-state index in [1.54, 1.807) is 41.2 Å². The number of carbonyl (C=O) groups is 3. The van der Waals surface area contributed by atoms with Crippen molar-refractivity contribution in [2.45, 2.75) is 32.5 Å². The Bertz CT molecular complexity index is 1320. The number of rotatable bonds is 7. The van der Waals surface area contributed by atoms with Crippen LogP contribution in [0, 0.1) is 5.92 Å². The fraction of sp³-hybridized carbons (Fsp3) is 0.276. The van der Waals surface area contributed by atoms with Crippen molar-refractivity contribution in [1.82, 2.24) is 10.2 Å². The van der Waals surface area contributed by atoms with Crippen LogP contribution in [0.2, 0.25) is 0 Å². The summed E-state index contributed by atoms with van der Waals surface area (Å²) in [6, 6.07) is 22.0. The van der Waals surface area contributed by atoms with Gasteiger partial charge in [-0.3, -0.25) is 19.3 Å². The predicted octanol–water partition coefficient (Wildman–Crippen LogP) is 4.71. The highest BCUT2D eigenvalue weighted by Gasteiger charge is 2.47. The first kappa shape index (κ1) is 23.6. The Morgan fingerprint density at radius 3 is 2.28 bits per heavy atom. The summed E-state index contributed by atoms with van der Waals surface area (Å²) in [7, 11) is 1.62. The first-order chi connectivity index (χ1) is 17.4. The molecule has 0 spiro atoms. The van der Waals surface area contributed by atoms with E-state index in [2.05, 4.69) is 19.2 Å². The van der Waals surface area contributed by atoms with E-state index in [1.165, 1.54) is 0 Å². The van der Waals surface area contributed by atoms with Crippen LogP contribution in [0.5, 0.6) is 5.75 Å². The van der Waals surface area contributed by atoms with E-state index in [1.807, 2.05) is 48.5 Å². The van der Waals surface area contributed by atoms with E-state index in [9.17, 15) is 14.4 Å². The number of anilines is 1. The summed E-state index contributed by atoms with van der Waals surface area (Å²) in [6.07, 6.45) is -0.445. The third-order valence-corrected chi connectivity index (χ3v) is 6.92. The number of hydrogen-bond acceptors (Lipinski definition) is 4. The average Bonchev–Trinajstić information content (AvgIpc) is 3.19. The molecule has 0 saturated carbocycles. The van der Waals surface area contributed by atoms with Crippen LogP contribution in [0.4, 0.5) is 5.69 Å². The SMILES string of the molecule is COc1ccc([C@H](NC(=O)CCN2C(=O)c3ccccc3N3C(=O)c4ccccc4[C@@H]23)C(C)C)cc1. The summed E-state index contributed by atoms with van der Waals surface area (Å²) in [5, 5.41) is 3.13. The summed E-state index contributed by atoms with van der Waals surface area (Å²) >= 11 is 0. The maximum Gasteiger partial charge on any atom is 0.260 e. The highest BCUT2D eigenvalue weighted by Crippen LogP contribution is 2.45. The van der Waals surface area contributed by atoms with Crippen molar-refractivity contribution in [3.8, 4) is 5.75 Å². The third-order valence-electron chi connectivity index (χ3n) is 6.92. The van der Waals surface area contributed by atoms with E-state index in [-0.39, 0.29) is 42.6 Å². The minimum Gasteiger partial charge on any atom is -0.497 e. The lowest BCUT2D eigenvalue weighted by molar-refractivity contribution is -0.122. The lowest BCUT2D eigenvalue weighted by atomic mass is 9.95. The molecule has 3 aromatic carbocycles. The molecule has 0 unspecified atom stereocenters. The average molecular weight is 484 g/mol. The molecule has 0 aliphatic carbocycles. The Balaban J connectivity index is 1.38. The van der Waals surface area contributed by atoms with Crippen molar-refractivity contribution >= 4 is 23.4 Å². The molecule has 0 bridgehead atoms. The maximum absolute atomic E-state index is 13.5. The van der Waals surface area contributed by atoms with Crippen molar-refractivity contribution in [3.63, 3.8) is 0 Å². The second-order valence-corrected chi connectivity index (χ2v) is 9.46. The van der Waals surface area contributed by atoms with E-state index in [4.69, 9.17) is 4.74 Å². The van der Waals surface area contributed by atoms with E-state index in [0.29, 0.717) is 16.8 Å². The number of amides is 3. The molecule has 1 N–H and O–H groups in total. The van der Waals surface area contributed by atoms with Gasteiger partial charge in [-0.15, -0.1) is 0 Å². The van der Waals surface area contributed by atoms with Gasteiger partial charge >= 0.3 is 0 Å². The van der Waals surface area contributed by atoms with Crippen LogP contribution in [0.15, 0.2) is 72.8 Å². The van der Waals surface area contributed by atoms with Gasteiger partial charge in [0, 0.05) is 24.1 Å². The van der Waals surface area contributed by atoms with Crippen molar-refractivity contribution in [1.29, 1.82) is 0 Å². The van der Waals surface area contributed by atoms with Gasteiger partial charge < -0.3 is 15.0 Å². The normalized spacial score (nSPS) is 16.9. The minimum absolute atomic E-state index is 0.119. The van der Waals surface area contributed by atoms with Gasteiger partial charge in [-0.2, -0.15) is 0 Å². The molecule has 3 aromatic rings. The zero-order valence-electron chi connectivity index (χ0n) is 20.6. The Morgan fingerprint density at radius 1 is 0.917 bits per heavy atom. The summed E-state index contributed by atoms with van der Waals surface area (Å²) in [6.45, 7) is 4.30. The number of para-hydroxylation sites is 1. The molecule has 2 atom stereocenters. The zero-order valence-corrected chi connectivity index (χ0v) is 20.6. The van der Waals surface area contributed by atoms with Crippen LogP contribution < -0.4 is 15.0 Å². The van der Waals surface area contributed by atoms with Crippen LogP contribution in [0.1, 0.15) is 64.3 Å². The quantitative estimate of drug-likeness (QED) is 0.528. The van der Waals surface area contributed by atoms with Crippen LogP contribution in [0.3, 0.4) is 0 Å². The molecule has 2 heterocycles. The lowest BCUT2D eigenvalue weighted by Gasteiger charge is -2.41. The molecule has 2 aliphatic rings. The Morgan fingerprint density at radius 2 is 1.58 bits per heavy atom. The number of nitrogens with one attached hydrogen (secondary N) is 1. The number of hydrogen-bond donors (Lipinski definition) is 1. The molecule has 7 nitrogen and oxygen atoms in total. The number of carbonyl (C=O) groups excluding carboxylic acids is 3. The highest BCUT2D eigenvalue weighted by molar-refractivity contribution is 6.16. The van der Waals surface area contributed by atoms with Crippen LogP contribution in [-0.4, -0.2) is 36.3 Å². The largest absolute Gasteiger partial charge is 0.497 e. The van der Waals surface area contributed by atoms with Gasteiger partial charge in [0.1, 0.15) is 11.9 Å². The molecule has 2 aliphatic heterocycles. The number of methoxy groups -OCH3 is 1. The van der Waals surface area contributed by atoms with Gasteiger partial charge in [0.25, 0.3) is 11.8 Å². The number of benzene rings is 3. The summed E-state index contributed by atoms with van der Waals surface area (Å²) in [5.41, 5.74) is 3.43. The summed E-state index contributed by atoms with van der Waals surface area (Å²) in [4.78, 5) is 43.3. The molecule has 0 aromatic heterocycles. The van der Waals surface area contributed by atoms with Gasteiger partial charge in [-0.25, -0.2) is 0 Å². The monoisotopic (exact) mass is 483 g/mol. The maximum atomic E-state index is 13.5. The highest BCUT2D eigenvalue weighted by atomic mass is 16.5. The van der Waals surface area contributed by atoms with Crippen molar-refractivity contribution in [2.24, 2.45) is 5.92 Å². The van der Waals surface area contributed by atoms with Crippen LogP contribution in [0.25, 0.3) is 0 Å². The molecule has 0 radical (unpaired) electrons. The van der Waals surface area contributed by atoms with Gasteiger partial charge in [0.2, 0.25) is 5.91 Å². The van der Waals surface area contributed by atoms with Gasteiger partial charge in [0.15, 0.2) is 0 Å². The Labute approximate surface area is 210 Å². The topological polar surface area (TPSA) is 79.0 Å². The Hall–Kier alpha value is -4.13.